The third-order valence-electron chi connectivity index (χ3n) is 4.72. The molecule has 1 aliphatic carbocycles. The van der Waals surface area contributed by atoms with Crippen LogP contribution in [0.4, 0.5) is 4.39 Å². The van der Waals surface area contributed by atoms with E-state index in [0.29, 0.717) is 12.0 Å². The molecule has 0 aliphatic heterocycles. The van der Waals surface area contributed by atoms with Crippen molar-refractivity contribution in [3.8, 4) is 0 Å². The number of nitrogens with one attached hydrogen (secondary N) is 2. The molecular formula is C20H23FN2O3S. The van der Waals surface area contributed by atoms with Gasteiger partial charge < -0.3 is 5.32 Å². The Morgan fingerprint density at radius 1 is 1.07 bits per heavy atom. The molecule has 27 heavy (non-hydrogen) atoms. The lowest BCUT2D eigenvalue weighted by molar-refractivity contribution is 0.0954. The van der Waals surface area contributed by atoms with E-state index in [2.05, 4.69) is 10.0 Å². The maximum absolute atomic E-state index is 13.6. The number of amides is 1. The highest BCUT2D eigenvalue weighted by molar-refractivity contribution is 7.89. The van der Waals surface area contributed by atoms with Crippen LogP contribution in [0, 0.1) is 5.82 Å². The van der Waals surface area contributed by atoms with Gasteiger partial charge >= 0.3 is 0 Å². The van der Waals surface area contributed by atoms with E-state index < -0.39 is 10.0 Å². The van der Waals surface area contributed by atoms with Crippen molar-refractivity contribution in [1.29, 1.82) is 0 Å². The van der Waals surface area contributed by atoms with Crippen LogP contribution >= 0.6 is 0 Å². The molecule has 0 atom stereocenters. The summed E-state index contributed by atoms with van der Waals surface area (Å²) in [6, 6.07) is 12.3. The van der Waals surface area contributed by atoms with Gasteiger partial charge in [0, 0.05) is 18.2 Å². The van der Waals surface area contributed by atoms with Crippen molar-refractivity contribution < 1.29 is 17.6 Å². The standard InChI is InChI=1S/C20H23FN2O3S/c21-19-11-4-1-6-15(19)12-13-22-20(24)16-7-5-10-18(14-16)27(25,26)23-17-8-2-3-9-17/h1,4-7,10-11,14,17,23H,2-3,8-9,12-13H2,(H,22,24). The lowest BCUT2D eigenvalue weighted by Crippen LogP contribution is -2.33. The second kappa shape index (κ2) is 8.63. The van der Waals surface area contributed by atoms with E-state index >= 15 is 0 Å². The molecule has 1 fully saturated rings. The quantitative estimate of drug-likeness (QED) is 0.763. The van der Waals surface area contributed by atoms with Gasteiger partial charge in [0.1, 0.15) is 5.82 Å². The molecule has 0 saturated heterocycles. The molecule has 0 unspecified atom stereocenters. The lowest BCUT2D eigenvalue weighted by Gasteiger charge is -2.13. The number of benzene rings is 2. The first-order valence-electron chi connectivity index (χ1n) is 9.10. The van der Waals surface area contributed by atoms with Crippen molar-refractivity contribution in [2.45, 2.75) is 43.0 Å². The predicted octanol–water partition coefficient (Wildman–Crippen LogP) is 3.02. The van der Waals surface area contributed by atoms with Gasteiger partial charge in [-0.25, -0.2) is 17.5 Å². The average molecular weight is 390 g/mol. The molecule has 144 valence electrons. The molecule has 2 N–H and O–H groups in total. The molecule has 1 aliphatic rings. The van der Waals surface area contributed by atoms with Crippen LogP contribution in [-0.2, 0) is 16.4 Å². The zero-order valence-electron chi connectivity index (χ0n) is 14.9. The summed E-state index contributed by atoms with van der Waals surface area (Å²) in [5, 5.41) is 2.71. The number of rotatable bonds is 7. The third-order valence-corrected chi connectivity index (χ3v) is 6.24. The van der Waals surface area contributed by atoms with Crippen molar-refractivity contribution >= 4 is 15.9 Å². The topological polar surface area (TPSA) is 75.3 Å². The Kier molecular flexibility index (Phi) is 6.23. The van der Waals surface area contributed by atoms with Crippen LogP contribution in [0.25, 0.3) is 0 Å². The van der Waals surface area contributed by atoms with Gasteiger partial charge in [0.25, 0.3) is 5.91 Å². The van der Waals surface area contributed by atoms with Crippen LogP contribution in [0.5, 0.6) is 0 Å². The van der Waals surface area contributed by atoms with Crippen molar-refractivity contribution in [1.82, 2.24) is 10.0 Å². The van der Waals surface area contributed by atoms with E-state index in [9.17, 15) is 17.6 Å². The average Bonchev–Trinajstić information content (AvgIpc) is 3.15. The fourth-order valence-corrected chi connectivity index (χ4v) is 4.60. The first kappa shape index (κ1) is 19.5. The molecular weight excluding hydrogens is 367 g/mol. The van der Waals surface area contributed by atoms with Gasteiger partial charge in [-0.15, -0.1) is 0 Å². The summed E-state index contributed by atoms with van der Waals surface area (Å²) in [4.78, 5) is 12.4. The van der Waals surface area contributed by atoms with Crippen LogP contribution in [-0.4, -0.2) is 26.9 Å². The molecule has 0 radical (unpaired) electrons. The molecule has 0 aromatic heterocycles. The Bertz CT molecular complexity index is 909. The number of carbonyl (C=O) groups excluding carboxylic acids is 1. The summed E-state index contributed by atoms with van der Waals surface area (Å²) >= 11 is 0. The molecule has 5 nitrogen and oxygen atoms in total. The van der Waals surface area contributed by atoms with Crippen LogP contribution in [0.3, 0.4) is 0 Å². The second-order valence-electron chi connectivity index (χ2n) is 6.73. The van der Waals surface area contributed by atoms with Gasteiger partial charge in [-0.3, -0.25) is 4.79 Å². The highest BCUT2D eigenvalue weighted by atomic mass is 32.2. The smallest absolute Gasteiger partial charge is 0.251 e. The molecule has 1 amide bonds. The van der Waals surface area contributed by atoms with Crippen LogP contribution in [0.2, 0.25) is 0 Å². The second-order valence-corrected chi connectivity index (χ2v) is 8.44. The summed E-state index contributed by atoms with van der Waals surface area (Å²) in [6.07, 6.45) is 4.10. The van der Waals surface area contributed by atoms with Crippen molar-refractivity contribution in [3.05, 3.63) is 65.5 Å². The Hall–Kier alpha value is -2.25. The number of hydrogen-bond acceptors (Lipinski definition) is 3. The Morgan fingerprint density at radius 2 is 1.81 bits per heavy atom. The Labute approximate surface area is 159 Å². The minimum atomic E-state index is -3.65. The zero-order chi connectivity index (χ0) is 19.3. The third kappa shape index (κ3) is 5.14. The molecule has 0 heterocycles. The van der Waals surface area contributed by atoms with Gasteiger partial charge in [0.05, 0.1) is 4.90 Å². The summed E-state index contributed by atoms with van der Waals surface area (Å²) in [5.41, 5.74) is 0.785. The van der Waals surface area contributed by atoms with Crippen molar-refractivity contribution in [3.63, 3.8) is 0 Å². The molecule has 2 aromatic carbocycles. The highest BCUT2D eigenvalue weighted by Gasteiger charge is 2.23. The Morgan fingerprint density at radius 3 is 2.56 bits per heavy atom. The van der Waals surface area contributed by atoms with Gasteiger partial charge in [-0.1, -0.05) is 37.1 Å². The van der Waals surface area contributed by atoms with Gasteiger partial charge in [0.15, 0.2) is 0 Å². The van der Waals surface area contributed by atoms with Crippen LogP contribution < -0.4 is 10.0 Å². The number of hydrogen-bond donors (Lipinski definition) is 2. The number of sulfonamides is 1. The maximum Gasteiger partial charge on any atom is 0.251 e. The number of halogens is 1. The molecule has 1 saturated carbocycles. The lowest BCUT2D eigenvalue weighted by atomic mass is 10.1. The van der Waals surface area contributed by atoms with Crippen molar-refractivity contribution in [2.75, 3.05) is 6.54 Å². The minimum absolute atomic E-state index is 0.0340. The SMILES string of the molecule is O=C(NCCc1ccccc1F)c1cccc(S(=O)(=O)NC2CCCC2)c1. The van der Waals surface area contributed by atoms with Gasteiger partial charge in [-0.2, -0.15) is 0 Å². The van der Waals surface area contributed by atoms with Crippen LogP contribution in [0.15, 0.2) is 53.4 Å². The Balaban J connectivity index is 1.62. The molecule has 0 spiro atoms. The van der Waals surface area contributed by atoms with Crippen molar-refractivity contribution in [2.24, 2.45) is 0 Å². The maximum atomic E-state index is 13.6. The summed E-state index contributed by atoms with van der Waals surface area (Å²) < 4.78 is 41.3. The first-order valence-corrected chi connectivity index (χ1v) is 10.6. The predicted molar refractivity (Wildman–Crippen MR) is 101 cm³/mol. The normalized spacial score (nSPS) is 15.0. The fraction of sp³-hybridized carbons (Fsp3) is 0.350. The first-order chi connectivity index (χ1) is 13.0. The monoisotopic (exact) mass is 390 g/mol. The summed E-state index contributed by atoms with van der Waals surface area (Å²) in [6.45, 7) is 0.261. The van der Waals surface area contributed by atoms with Gasteiger partial charge in [-0.05, 0) is 49.1 Å². The van der Waals surface area contributed by atoms with E-state index in [1.807, 2.05) is 0 Å². The molecule has 2 aromatic rings. The van der Waals surface area contributed by atoms with E-state index in [-0.39, 0.29) is 34.8 Å². The summed E-state index contributed by atoms with van der Waals surface area (Å²) in [7, 11) is -3.65. The number of carbonyl (C=O) groups is 1. The van der Waals surface area contributed by atoms with Crippen LogP contribution in [0.1, 0.15) is 41.6 Å². The molecule has 0 bridgehead atoms. The van der Waals surface area contributed by atoms with Gasteiger partial charge in [0.2, 0.25) is 10.0 Å². The minimum Gasteiger partial charge on any atom is -0.352 e. The zero-order valence-corrected chi connectivity index (χ0v) is 15.8. The summed E-state index contributed by atoms with van der Waals surface area (Å²) in [5.74, 6) is -0.693. The molecule has 7 heteroatoms. The van der Waals surface area contributed by atoms with E-state index in [1.165, 1.54) is 18.2 Å². The molecule has 3 rings (SSSR count). The van der Waals surface area contributed by atoms with E-state index in [1.54, 1.807) is 30.3 Å². The highest BCUT2D eigenvalue weighted by Crippen LogP contribution is 2.21. The fourth-order valence-electron chi connectivity index (χ4n) is 3.25. The largest absolute Gasteiger partial charge is 0.352 e. The van der Waals surface area contributed by atoms with E-state index in [0.717, 1.165) is 25.7 Å². The van der Waals surface area contributed by atoms with E-state index in [4.69, 9.17) is 0 Å².